The highest BCUT2D eigenvalue weighted by molar-refractivity contribution is 5.97. The molecule has 0 aromatic carbocycles. The molecular weight excluding hydrogens is 375 g/mol. The van der Waals surface area contributed by atoms with Crippen molar-refractivity contribution >= 4 is 16.9 Å². The molecule has 1 atom stereocenters. The van der Waals surface area contributed by atoms with Crippen LogP contribution in [-0.2, 0) is 10.9 Å². The quantitative estimate of drug-likeness (QED) is 0.728. The highest BCUT2D eigenvalue weighted by atomic mass is 19.4. The van der Waals surface area contributed by atoms with E-state index in [0.717, 1.165) is 18.9 Å². The number of alkyl halides is 3. The second kappa shape index (κ2) is 6.73. The SMILES string of the molecule is CC(C)n1nc(-c2cc(C(F)(F)F)nn2C2CCCCO2)c2c(N)ncnc21. The lowest BCUT2D eigenvalue weighted by atomic mass is 10.1. The van der Waals surface area contributed by atoms with Crippen molar-refractivity contribution in [1.29, 1.82) is 0 Å². The Morgan fingerprint density at radius 1 is 1.21 bits per heavy atom. The van der Waals surface area contributed by atoms with Crippen LogP contribution in [0.1, 0.15) is 51.1 Å². The van der Waals surface area contributed by atoms with Gasteiger partial charge in [-0.15, -0.1) is 0 Å². The van der Waals surface area contributed by atoms with Crippen LogP contribution in [0.15, 0.2) is 12.4 Å². The number of nitrogens with zero attached hydrogens (tertiary/aromatic N) is 6. The molecule has 2 N–H and O–H groups in total. The van der Waals surface area contributed by atoms with E-state index in [1.54, 1.807) is 4.68 Å². The largest absolute Gasteiger partial charge is 0.435 e. The van der Waals surface area contributed by atoms with Gasteiger partial charge in [0.2, 0.25) is 0 Å². The molecular formula is C17H20F3N7O. The van der Waals surface area contributed by atoms with Crippen molar-refractivity contribution in [2.45, 2.75) is 51.6 Å². The summed E-state index contributed by atoms with van der Waals surface area (Å²) in [6.45, 7) is 4.27. The van der Waals surface area contributed by atoms with Crippen LogP contribution in [0, 0.1) is 0 Å². The lowest BCUT2D eigenvalue weighted by Crippen LogP contribution is -2.21. The summed E-state index contributed by atoms with van der Waals surface area (Å²) in [4.78, 5) is 8.23. The van der Waals surface area contributed by atoms with E-state index >= 15 is 0 Å². The van der Waals surface area contributed by atoms with E-state index in [4.69, 9.17) is 10.5 Å². The highest BCUT2D eigenvalue weighted by Crippen LogP contribution is 2.38. The van der Waals surface area contributed by atoms with Crippen LogP contribution in [0.4, 0.5) is 19.0 Å². The summed E-state index contributed by atoms with van der Waals surface area (Å²) in [6, 6.07) is 0.909. The van der Waals surface area contributed by atoms with Gasteiger partial charge in [0.15, 0.2) is 17.6 Å². The number of nitrogens with two attached hydrogens (primary N) is 1. The minimum Gasteiger partial charge on any atom is -0.383 e. The Balaban J connectivity index is 1.97. The molecule has 0 radical (unpaired) electrons. The summed E-state index contributed by atoms with van der Waals surface area (Å²) >= 11 is 0. The van der Waals surface area contributed by atoms with Gasteiger partial charge in [-0.2, -0.15) is 23.4 Å². The molecule has 0 saturated carbocycles. The van der Waals surface area contributed by atoms with Crippen molar-refractivity contribution in [3.63, 3.8) is 0 Å². The number of fused-ring (bicyclic) bond motifs is 1. The first-order chi connectivity index (χ1) is 13.3. The zero-order valence-corrected chi connectivity index (χ0v) is 15.4. The van der Waals surface area contributed by atoms with Gasteiger partial charge in [-0.3, -0.25) is 0 Å². The maximum Gasteiger partial charge on any atom is 0.435 e. The Labute approximate surface area is 158 Å². The predicted octanol–water partition coefficient (Wildman–Crippen LogP) is 3.57. The van der Waals surface area contributed by atoms with Crippen LogP contribution in [0.25, 0.3) is 22.4 Å². The molecule has 1 aliphatic rings. The van der Waals surface area contributed by atoms with Crippen molar-refractivity contribution in [2.75, 3.05) is 12.3 Å². The number of hydrogen-bond donors (Lipinski definition) is 1. The molecule has 1 unspecified atom stereocenters. The molecule has 28 heavy (non-hydrogen) atoms. The van der Waals surface area contributed by atoms with Gasteiger partial charge >= 0.3 is 6.18 Å². The monoisotopic (exact) mass is 395 g/mol. The van der Waals surface area contributed by atoms with E-state index in [1.807, 2.05) is 13.8 Å². The van der Waals surface area contributed by atoms with Crippen molar-refractivity contribution in [1.82, 2.24) is 29.5 Å². The number of rotatable bonds is 3. The van der Waals surface area contributed by atoms with Crippen molar-refractivity contribution in [2.24, 2.45) is 0 Å². The minimum atomic E-state index is -4.59. The molecule has 1 fully saturated rings. The molecule has 0 amide bonds. The number of halogens is 3. The van der Waals surface area contributed by atoms with E-state index in [2.05, 4.69) is 20.2 Å². The Morgan fingerprint density at radius 3 is 2.64 bits per heavy atom. The zero-order valence-electron chi connectivity index (χ0n) is 15.4. The lowest BCUT2D eigenvalue weighted by molar-refractivity contribution is -0.142. The van der Waals surface area contributed by atoms with Gasteiger partial charge in [-0.05, 0) is 39.2 Å². The summed E-state index contributed by atoms with van der Waals surface area (Å²) in [7, 11) is 0. The molecule has 8 nitrogen and oxygen atoms in total. The highest BCUT2D eigenvalue weighted by Gasteiger charge is 2.37. The average molecular weight is 395 g/mol. The van der Waals surface area contributed by atoms with Gasteiger partial charge in [0.1, 0.15) is 17.8 Å². The third kappa shape index (κ3) is 3.09. The first-order valence-corrected chi connectivity index (χ1v) is 9.04. The summed E-state index contributed by atoms with van der Waals surface area (Å²) in [5.74, 6) is 0.151. The fourth-order valence-corrected chi connectivity index (χ4v) is 3.38. The second-order valence-electron chi connectivity index (χ2n) is 7.02. The van der Waals surface area contributed by atoms with Gasteiger partial charge in [0.25, 0.3) is 0 Å². The Morgan fingerprint density at radius 2 is 2.00 bits per heavy atom. The van der Waals surface area contributed by atoms with Crippen molar-refractivity contribution in [3.05, 3.63) is 18.1 Å². The number of hydrogen-bond acceptors (Lipinski definition) is 6. The molecule has 4 heterocycles. The third-order valence-electron chi connectivity index (χ3n) is 4.70. The lowest BCUT2D eigenvalue weighted by Gasteiger charge is -2.24. The standard InChI is InChI=1S/C17H20F3N7O/c1-9(2)26-16-13(15(21)22-8-23-16)14(25-26)10-7-11(17(18,19)20)24-27(10)12-5-3-4-6-28-12/h7-9,12H,3-6H2,1-2H3,(H2,21,22,23). The molecule has 4 rings (SSSR count). The van der Waals surface area contributed by atoms with Crippen LogP contribution >= 0.6 is 0 Å². The molecule has 3 aromatic heterocycles. The van der Waals surface area contributed by atoms with Crippen LogP contribution < -0.4 is 5.73 Å². The topological polar surface area (TPSA) is 96.7 Å². The fourth-order valence-electron chi connectivity index (χ4n) is 3.38. The van der Waals surface area contributed by atoms with E-state index in [1.165, 1.54) is 11.0 Å². The smallest absolute Gasteiger partial charge is 0.383 e. The predicted molar refractivity (Wildman–Crippen MR) is 95.2 cm³/mol. The number of aromatic nitrogens is 6. The fraction of sp³-hybridized carbons (Fsp3) is 0.529. The van der Waals surface area contributed by atoms with E-state index in [0.29, 0.717) is 24.1 Å². The Hall–Kier alpha value is -2.69. The van der Waals surface area contributed by atoms with E-state index < -0.39 is 18.1 Å². The van der Waals surface area contributed by atoms with Gasteiger partial charge in [-0.25, -0.2) is 19.3 Å². The maximum atomic E-state index is 13.4. The first-order valence-electron chi connectivity index (χ1n) is 9.04. The summed E-state index contributed by atoms with van der Waals surface area (Å²) < 4.78 is 48.8. The Bertz CT molecular complexity index is 1000. The molecule has 0 aliphatic carbocycles. The summed E-state index contributed by atoms with van der Waals surface area (Å²) in [6.07, 6.45) is -1.59. The molecule has 1 saturated heterocycles. The second-order valence-corrected chi connectivity index (χ2v) is 7.02. The normalized spacial score (nSPS) is 18.3. The van der Waals surface area contributed by atoms with Gasteiger partial charge in [-0.1, -0.05) is 0 Å². The molecule has 3 aromatic rings. The summed E-state index contributed by atoms with van der Waals surface area (Å²) in [5, 5.41) is 8.73. The first kappa shape index (κ1) is 18.7. The van der Waals surface area contributed by atoms with E-state index in [9.17, 15) is 13.2 Å². The molecule has 11 heteroatoms. The van der Waals surface area contributed by atoms with Crippen LogP contribution in [-0.4, -0.2) is 36.1 Å². The van der Waals surface area contributed by atoms with Gasteiger partial charge < -0.3 is 10.5 Å². The molecule has 0 spiro atoms. The average Bonchev–Trinajstić information content (AvgIpc) is 3.25. The number of anilines is 1. The van der Waals surface area contributed by atoms with Crippen LogP contribution in [0.3, 0.4) is 0 Å². The number of nitrogen functional groups attached to an aromatic ring is 1. The van der Waals surface area contributed by atoms with Gasteiger partial charge in [0, 0.05) is 12.6 Å². The van der Waals surface area contributed by atoms with Crippen LogP contribution in [0.5, 0.6) is 0 Å². The number of ether oxygens (including phenoxy) is 1. The maximum absolute atomic E-state index is 13.4. The Kier molecular flexibility index (Phi) is 4.48. The summed E-state index contributed by atoms with van der Waals surface area (Å²) in [5.41, 5.74) is 5.95. The van der Waals surface area contributed by atoms with Gasteiger partial charge in [0.05, 0.1) is 11.1 Å². The molecule has 1 aliphatic heterocycles. The molecule has 150 valence electrons. The molecule has 0 bridgehead atoms. The van der Waals surface area contributed by atoms with Crippen molar-refractivity contribution < 1.29 is 17.9 Å². The zero-order chi connectivity index (χ0) is 20.1. The van der Waals surface area contributed by atoms with Crippen molar-refractivity contribution in [3.8, 4) is 11.4 Å². The van der Waals surface area contributed by atoms with E-state index in [-0.39, 0.29) is 23.2 Å². The third-order valence-corrected chi connectivity index (χ3v) is 4.70. The van der Waals surface area contributed by atoms with Crippen LogP contribution in [0.2, 0.25) is 0 Å². The minimum absolute atomic E-state index is 0.0741.